The number of halogens is 1. The minimum Gasteiger partial charge on any atom is -0.497 e. The zero-order chi connectivity index (χ0) is 13.7. The summed E-state index contributed by atoms with van der Waals surface area (Å²) in [5.41, 5.74) is 7.80. The van der Waals surface area contributed by atoms with Crippen molar-refractivity contribution < 1.29 is 4.74 Å². The first-order valence-corrected chi connectivity index (χ1v) is 5.86. The lowest BCUT2D eigenvalue weighted by Gasteiger charge is -2.12. The van der Waals surface area contributed by atoms with Crippen molar-refractivity contribution in [3.8, 4) is 5.75 Å². The number of methoxy groups -OCH3 is 1. The number of benzene rings is 1. The summed E-state index contributed by atoms with van der Waals surface area (Å²) in [5.74, 6) is 0.785. The van der Waals surface area contributed by atoms with E-state index >= 15 is 0 Å². The number of hydrazone groups is 1. The Morgan fingerprint density at radius 3 is 2.22 bits per heavy atom. The lowest BCUT2D eigenvalue weighted by molar-refractivity contribution is 0.414. The van der Waals surface area contributed by atoms with E-state index in [1.54, 1.807) is 19.0 Å². The van der Waals surface area contributed by atoms with Crippen molar-refractivity contribution in [2.24, 2.45) is 10.8 Å². The van der Waals surface area contributed by atoms with E-state index in [1.807, 2.05) is 38.4 Å². The molecule has 0 saturated carbocycles. The van der Waals surface area contributed by atoms with E-state index in [2.05, 4.69) is 5.10 Å². The van der Waals surface area contributed by atoms with Gasteiger partial charge >= 0.3 is 0 Å². The summed E-state index contributed by atoms with van der Waals surface area (Å²) in [6.07, 6.45) is 0. The second kappa shape index (κ2) is 6.31. The van der Waals surface area contributed by atoms with E-state index in [4.69, 9.17) is 22.1 Å². The van der Waals surface area contributed by atoms with E-state index in [0.29, 0.717) is 16.4 Å². The summed E-state index contributed by atoms with van der Waals surface area (Å²) in [4.78, 5) is 0. The average molecular weight is 268 g/mol. The number of allylic oxidation sites excluding steroid dienone is 2. The van der Waals surface area contributed by atoms with Gasteiger partial charge in [-0.3, -0.25) is 0 Å². The molecule has 0 aliphatic heterocycles. The fourth-order valence-corrected chi connectivity index (χ4v) is 1.51. The number of rotatable bonds is 4. The highest BCUT2D eigenvalue weighted by Crippen LogP contribution is 2.19. The van der Waals surface area contributed by atoms with Gasteiger partial charge in [-0.15, -0.1) is 0 Å². The van der Waals surface area contributed by atoms with Gasteiger partial charge in [0.05, 0.1) is 12.1 Å². The maximum atomic E-state index is 6.20. The lowest BCUT2D eigenvalue weighted by atomic mass is 10.1. The van der Waals surface area contributed by atoms with Crippen LogP contribution in [0.1, 0.15) is 12.5 Å². The fraction of sp³-hybridized carbons (Fsp3) is 0.308. The second-order valence-corrected chi connectivity index (χ2v) is 4.40. The van der Waals surface area contributed by atoms with Crippen LogP contribution in [0.15, 0.2) is 40.1 Å². The molecule has 98 valence electrons. The molecule has 2 N–H and O–H groups in total. The minimum atomic E-state index is 0.453. The van der Waals surface area contributed by atoms with Gasteiger partial charge in [0.2, 0.25) is 0 Å². The predicted molar refractivity (Wildman–Crippen MR) is 76.0 cm³/mol. The third kappa shape index (κ3) is 3.67. The van der Waals surface area contributed by atoms with Crippen LogP contribution < -0.4 is 10.5 Å². The van der Waals surface area contributed by atoms with E-state index in [-0.39, 0.29) is 0 Å². The summed E-state index contributed by atoms with van der Waals surface area (Å²) < 4.78 is 5.12. The van der Waals surface area contributed by atoms with Crippen molar-refractivity contribution in [2.45, 2.75) is 6.92 Å². The molecular weight excluding hydrogens is 250 g/mol. The molecule has 0 spiro atoms. The molecule has 1 aromatic rings. The molecule has 0 unspecified atom stereocenters. The standard InChI is InChI=1S/C13H18ClN3O/c1-9(15)12(14)13(16-17(2)3)10-5-7-11(18-4)8-6-10/h5-8H,15H2,1-4H3. The van der Waals surface area contributed by atoms with Crippen LogP contribution in [-0.4, -0.2) is 31.9 Å². The highest BCUT2D eigenvalue weighted by molar-refractivity contribution is 6.46. The third-order valence-corrected chi connectivity index (χ3v) is 2.69. The zero-order valence-electron chi connectivity index (χ0n) is 11.1. The molecular formula is C13H18ClN3O. The topological polar surface area (TPSA) is 50.8 Å². The highest BCUT2D eigenvalue weighted by atomic mass is 35.5. The molecule has 0 aliphatic rings. The number of nitrogens with zero attached hydrogens (tertiary/aromatic N) is 2. The first kappa shape index (κ1) is 14.4. The van der Waals surface area contributed by atoms with E-state index in [9.17, 15) is 0 Å². The summed E-state index contributed by atoms with van der Waals surface area (Å²) in [7, 11) is 5.29. The molecule has 0 atom stereocenters. The summed E-state index contributed by atoms with van der Waals surface area (Å²) in [6.45, 7) is 1.75. The van der Waals surface area contributed by atoms with Crippen molar-refractivity contribution in [3.63, 3.8) is 0 Å². The first-order valence-electron chi connectivity index (χ1n) is 5.48. The normalized spacial score (nSPS) is 13.1. The predicted octanol–water partition coefficient (Wildman–Crippen LogP) is 2.39. The number of ether oxygens (including phenoxy) is 1. The molecule has 0 amide bonds. The van der Waals surface area contributed by atoms with Gasteiger partial charge in [-0.05, 0) is 31.2 Å². The number of hydrogen-bond acceptors (Lipinski definition) is 4. The van der Waals surface area contributed by atoms with E-state index < -0.39 is 0 Å². The van der Waals surface area contributed by atoms with Crippen molar-refractivity contribution >= 4 is 17.3 Å². The second-order valence-electron chi connectivity index (χ2n) is 4.02. The number of hydrogen-bond donors (Lipinski definition) is 1. The molecule has 0 aliphatic carbocycles. The van der Waals surface area contributed by atoms with Crippen molar-refractivity contribution in [2.75, 3.05) is 21.2 Å². The fourth-order valence-electron chi connectivity index (χ4n) is 1.36. The maximum Gasteiger partial charge on any atom is 0.118 e. The Morgan fingerprint density at radius 2 is 1.83 bits per heavy atom. The lowest BCUT2D eigenvalue weighted by Crippen LogP contribution is -2.13. The van der Waals surface area contributed by atoms with Gasteiger partial charge in [0, 0.05) is 25.4 Å². The molecule has 0 fully saturated rings. The van der Waals surface area contributed by atoms with E-state index in [1.165, 1.54) is 0 Å². The van der Waals surface area contributed by atoms with Crippen LogP contribution in [-0.2, 0) is 0 Å². The Kier molecular flexibility index (Phi) is 5.04. The Morgan fingerprint density at radius 1 is 1.28 bits per heavy atom. The van der Waals surface area contributed by atoms with Crippen molar-refractivity contribution in [1.29, 1.82) is 0 Å². The SMILES string of the molecule is COc1ccc(C(=NN(C)C)C(Cl)=C(C)N)cc1. The van der Waals surface area contributed by atoms with Crippen LogP contribution in [0.3, 0.4) is 0 Å². The molecule has 0 heterocycles. The Bertz CT molecular complexity index is 460. The molecule has 5 heteroatoms. The monoisotopic (exact) mass is 267 g/mol. The van der Waals surface area contributed by atoms with Gasteiger partial charge in [0.15, 0.2) is 0 Å². The Labute approximate surface area is 113 Å². The third-order valence-electron chi connectivity index (χ3n) is 2.22. The highest BCUT2D eigenvalue weighted by Gasteiger charge is 2.11. The Balaban J connectivity index is 3.23. The molecule has 0 radical (unpaired) electrons. The zero-order valence-corrected chi connectivity index (χ0v) is 11.8. The van der Waals surface area contributed by atoms with Crippen LogP contribution >= 0.6 is 11.6 Å². The van der Waals surface area contributed by atoms with Crippen LogP contribution in [0.5, 0.6) is 5.75 Å². The first-order chi connectivity index (χ1) is 8.45. The van der Waals surface area contributed by atoms with Gasteiger partial charge in [-0.1, -0.05) is 11.6 Å². The molecule has 4 nitrogen and oxygen atoms in total. The Hall–Kier alpha value is -1.68. The van der Waals surface area contributed by atoms with Gasteiger partial charge in [0.25, 0.3) is 0 Å². The molecule has 0 aromatic heterocycles. The maximum absolute atomic E-state index is 6.20. The summed E-state index contributed by atoms with van der Waals surface area (Å²) in [5, 5.41) is 6.50. The van der Waals surface area contributed by atoms with E-state index in [0.717, 1.165) is 11.3 Å². The van der Waals surface area contributed by atoms with Crippen molar-refractivity contribution in [3.05, 3.63) is 40.6 Å². The van der Waals surface area contributed by atoms with Crippen LogP contribution in [0.25, 0.3) is 0 Å². The van der Waals surface area contributed by atoms with Gasteiger partial charge in [-0.25, -0.2) is 0 Å². The average Bonchev–Trinajstić information content (AvgIpc) is 2.35. The molecule has 0 saturated heterocycles. The summed E-state index contributed by atoms with van der Waals surface area (Å²) >= 11 is 6.20. The van der Waals surface area contributed by atoms with Crippen LogP contribution in [0, 0.1) is 0 Å². The van der Waals surface area contributed by atoms with Crippen molar-refractivity contribution in [1.82, 2.24) is 5.01 Å². The minimum absolute atomic E-state index is 0.453. The van der Waals surface area contributed by atoms with Crippen LogP contribution in [0.4, 0.5) is 0 Å². The quantitative estimate of drug-likeness (QED) is 0.673. The summed E-state index contributed by atoms with van der Waals surface area (Å²) in [6, 6.07) is 7.51. The number of nitrogens with two attached hydrogens (primary N) is 1. The molecule has 18 heavy (non-hydrogen) atoms. The molecule has 0 bridgehead atoms. The molecule has 1 aromatic carbocycles. The van der Waals surface area contributed by atoms with Crippen LogP contribution in [0.2, 0.25) is 0 Å². The van der Waals surface area contributed by atoms with Gasteiger partial charge in [0.1, 0.15) is 11.5 Å². The molecule has 1 rings (SSSR count). The van der Waals surface area contributed by atoms with Gasteiger partial charge < -0.3 is 15.5 Å². The smallest absolute Gasteiger partial charge is 0.118 e. The van der Waals surface area contributed by atoms with Gasteiger partial charge in [-0.2, -0.15) is 5.10 Å². The largest absolute Gasteiger partial charge is 0.497 e.